The average molecular weight is 258 g/mol. The summed E-state index contributed by atoms with van der Waals surface area (Å²) in [6.45, 7) is 1.87. The molecule has 0 aliphatic carbocycles. The number of carbonyl (C=O) groups is 2. The molecule has 0 fully saturated rings. The fourth-order valence-electron chi connectivity index (χ4n) is 1.26. The molecule has 0 unspecified atom stereocenters. The van der Waals surface area contributed by atoms with Crippen LogP contribution >= 0.6 is 0 Å². The highest BCUT2D eigenvalue weighted by Crippen LogP contribution is 2.05. The van der Waals surface area contributed by atoms with Gasteiger partial charge in [0.15, 0.2) is 0 Å². The molecule has 0 saturated heterocycles. The molecule has 104 valence electrons. The normalized spacial score (nSPS) is 10.6. The Kier molecular flexibility index (Phi) is 11.2. The zero-order valence-electron chi connectivity index (χ0n) is 10.9. The molecule has 0 saturated carbocycles. The van der Waals surface area contributed by atoms with Crippen molar-refractivity contribution in [2.24, 2.45) is 0 Å². The quantitative estimate of drug-likeness (QED) is 0.297. The third kappa shape index (κ3) is 11.1. The molecule has 0 spiro atoms. The monoisotopic (exact) mass is 258 g/mol. The summed E-state index contributed by atoms with van der Waals surface area (Å²) in [5.41, 5.74) is 0. The van der Waals surface area contributed by atoms with Crippen molar-refractivity contribution >= 4 is 11.9 Å². The zero-order chi connectivity index (χ0) is 13.6. The molecular formula is C13H22O5. The molecule has 0 bridgehead atoms. The van der Waals surface area contributed by atoms with E-state index in [0.29, 0.717) is 0 Å². The van der Waals surface area contributed by atoms with E-state index in [0.717, 1.165) is 38.5 Å². The van der Waals surface area contributed by atoms with E-state index in [9.17, 15) is 9.59 Å². The van der Waals surface area contributed by atoms with E-state index in [1.165, 1.54) is 6.08 Å². The van der Waals surface area contributed by atoms with Crippen molar-refractivity contribution in [2.75, 3.05) is 6.61 Å². The van der Waals surface area contributed by atoms with Crippen LogP contribution in [0.1, 0.15) is 51.9 Å². The van der Waals surface area contributed by atoms with Gasteiger partial charge in [0, 0.05) is 19.1 Å². The molecule has 0 aromatic heterocycles. The standard InChI is InChI=1S/C13H22O5/c1-2-12(15)17-18-13(16)10-8-6-4-3-5-7-9-11-14/h8,10,14H,2-7,9,11H2,1H3/b10-8+. The highest BCUT2D eigenvalue weighted by molar-refractivity contribution is 5.82. The average Bonchev–Trinajstić information content (AvgIpc) is 2.39. The van der Waals surface area contributed by atoms with E-state index >= 15 is 0 Å². The first-order valence-corrected chi connectivity index (χ1v) is 6.39. The zero-order valence-corrected chi connectivity index (χ0v) is 10.9. The molecule has 5 heteroatoms. The molecule has 18 heavy (non-hydrogen) atoms. The smallest absolute Gasteiger partial charge is 0.378 e. The number of aliphatic hydroxyl groups is 1. The van der Waals surface area contributed by atoms with E-state index in [1.54, 1.807) is 13.0 Å². The van der Waals surface area contributed by atoms with Gasteiger partial charge in [0.2, 0.25) is 0 Å². The van der Waals surface area contributed by atoms with Crippen LogP contribution in [0.3, 0.4) is 0 Å². The van der Waals surface area contributed by atoms with E-state index in [4.69, 9.17) is 5.11 Å². The van der Waals surface area contributed by atoms with E-state index in [1.807, 2.05) is 0 Å². The van der Waals surface area contributed by atoms with Gasteiger partial charge in [-0.15, -0.1) is 0 Å². The molecule has 0 amide bonds. The lowest BCUT2D eigenvalue weighted by Gasteiger charge is -1.98. The minimum atomic E-state index is -0.669. The number of aliphatic hydroxyl groups excluding tert-OH is 1. The van der Waals surface area contributed by atoms with Crippen molar-refractivity contribution in [3.63, 3.8) is 0 Å². The second-order valence-electron chi connectivity index (χ2n) is 3.89. The SMILES string of the molecule is CCC(=O)OOC(=O)/C=C/CCCCCCCO. The second-order valence-corrected chi connectivity index (χ2v) is 3.89. The number of hydrogen-bond acceptors (Lipinski definition) is 5. The summed E-state index contributed by atoms with van der Waals surface area (Å²) in [5, 5.41) is 8.58. The van der Waals surface area contributed by atoms with Crippen molar-refractivity contribution in [1.82, 2.24) is 0 Å². The third-order valence-electron chi connectivity index (χ3n) is 2.29. The van der Waals surface area contributed by atoms with Crippen LogP contribution in [0.5, 0.6) is 0 Å². The Morgan fingerprint density at radius 1 is 1.06 bits per heavy atom. The van der Waals surface area contributed by atoms with Crippen LogP contribution in [0.15, 0.2) is 12.2 Å². The summed E-state index contributed by atoms with van der Waals surface area (Å²) in [6, 6.07) is 0. The van der Waals surface area contributed by atoms with E-state index < -0.39 is 11.9 Å². The molecule has 1 N–H and O–H groups in total. The number of carbonyl (C=O) groups excluding carboxylic acids is 2. The summed E-state index contributed by atoms with van der Waals surface area (Å²) in [6.07, 6.45) is 8.97. The molecule has 0 rings (SSSR count). The predicted molar refractivity (Wildman–Crippen MR) is 66.4 cm³/mol. The largest absolute Gasteiger partial charge is 0.396 e. The minimum absolute atomic E-state index is 0.171. The fourth-order valence-corrected chi connectivity index (χ4v) is 1.26. The van der Waals surface area contributed by atoms with Gasteiger partial charge in [0.1, 0.15) is 0 Å². The Balaban J connectivity index is 3.40. The maximum absolute atomic E-state index is 11.0. The van der Waals surface area contributed by atoms with Crippen molar-refractivity contribution in [2.45, 2.75) is 51.9 Å². The highest BCUT2D eigenvalue weighted by atomic mass is 17.2. The topological polar surface area (TPSA) is 72.8 Å². The molecule has 0 aromatic carbocycles. The van der Waals surface area contributed by atoms with Gasteiger partial charge in [-0.3, -0.25) is 0 Å². The minimum Gasteiger partial charge on any atom is -0.396 e. The van der Waals surface area contributed by atoms with Crippen LogP contribution in [0.25, 0.3) is 0 Å². The van der Waals surface area contributed by atoms with E-state index in [2.05, 4.69) is 9.78 Å². The van der Waals surface area contributed by atoms with Crippen LogP contribution < -0.4 is 0 Å². The van der Waals surface area contributed by atoms with Gasteiger partial charge in [-0.1, -0.05) is 32.3 Å². The molecule has 0 aromatic rings. The lowest BCUT2D eigenvalue weighted by atomic mass is 10.1. The highest BCUT2D eigenvalue weighted by Gasteiger charge is 2.03. The molecule has 0 aliphatic rings. The lowest BCUT2D eigenvalue weighted by molar-refractivity contribution is -0.254. The fraction of sp³-hybridized carbons (Fsp3) is 0.692. The predicted octanol–water partition coefficient (Wildman–Crippen LogP) is 2.29. The Hall–Kier alpha value is -1.36. The molecule has 0 atom stereocenters. The number of hydrogen-bond donors (Lipinski definition) is 1. The summed E-state index contributed by atoms with van der Waals surface area (Å²) in [5.74, 6) is -1.24. The van der Waals surface area contributed by atoms with E-state index in [-0.39, 0.29) is 13.0 Å². The van der Waals surface area contributed by atoms with Crippen LogP contribution in [0.4, 0.5) is 0 Å². The van der Waals surface area contributed by atoms with Crippen molar-refractivity contribution in [1.29, 1.82) is 0 Å². The summed E-state index contributed by atoms with van der Waals surface area (Å²) in [7, 11) is 0. The Morgan fingerprint density at radius 2 is 1.72 bits per heavy atom. The second kappa shape index (κ2) is 12.1. The molecule has 0 aliphatic heterocycles. The van der Waals surface area contributed by atoms with Gasteiger partial charge < -0.3 is 5.11 Å². The van der Waals surface area contributed by atoms with Crippen LogP contribution in [-0.4, -0.2) is 23.7 Å². The molecule has 0 heterocycles. The van der Waals surface area contributed by atoms with Gasteiger partial charge in [0.25, 0.3) is 0 Å². The van der Waals surface area contributed by atoms with Gasteiger partial charge in [-0.25, -0.2) is 19.4 Å². The first kappa shape index (κ1) is 16.6. The van der Waals surface area contributed by atoms with Gasteiger partial charge in [0.05, 0.1) is 0 Å². The first-order valence-electron chi connectivity index (χ1n) is 6.39. The Bertz CT molecular complexity index is 260. The van der Waals surface area contributed by atoms with Gasteiger partial charge in [-0.05, 0) is 19.3 Å². The van der Waals surface area contributed by atoms with Gasteiger partial charge in [-0.2, -0.15) is 0 Å². The third-order valence-corrected chi connectivity index (χ3v) is 2.29. The molecular weight excluding hydrogens is 236 g/mol. The van der Waals surface area contributed by atoms with Crippen molar-refractivity contribution in [3.05, 3.63) is 12.2 Å². The molecule has 0 radical (unpaired) electrons. The van der Waals surface area contributed by atoms with Crippen LogP contribution in [0, 0.1) is 0 Å². The summed E-state index contributed by atoms with van der Waals surface area (Å²) in [4.78, 5) is 30.2. The first-order chi connectivity index (χ1) is 8.70. The van der Waals surface area contributed by atoms with Crippen molar-refractivity contribution < 1.29 is 24.5 Å². The summed E-state index contributed by atoms with van der Waals surface area (Å²) < 4.78 is 0. The maximum atomic E-state index is 11.0. The Labute approximate surface area is 108 Å². The van der Waals surface area contributed by atoms with Crippen LogP contribution in [-0.2, 0) is 19.4 Å². The van der Waals surface area contributed by atoms with Crippen LogP contribution in [0.2, 0.25) is 0 Å². The lowest BCUT2D eigenvalue weighted by Crippen LogP contribution is -2.07. The number of unbranched alkanes of at least 4 members (excludes halogenated alkanes) is 5. The number of rotatable bonds is 9. The number of allylic oxidation sites excluding steroid dienone is 1. The Morgan fingerprint density at radius 3 is 2.39 bits per heavy atom. The summed E-state index contributed by atoms with van der Waals surface area (Å²) >= 11 is 0. The molecule has 5 nitrogen and oxygen atoms in total. The van der Waals surface area contributed by atoms with Crippen molar-refractivity contribution in [3.8, 4) is 0 Å². The maximum Gasteiger partial charge on any atom is 0.378 e. The van der Waals surface area contributed by atoms with Gasteiger partial charge >= 0.3 is 11.9 Å².